The minimum absolute atomic E-state index is 0.346. The summed E-state index contributed by atoms with van der Waals surface area (Å²) in [4.78, 5) is 29.1. The second kappa shape index (κ2) is 8.81. The lowest BCUT2D eigenvalue weighted by atomic mass is 10.0. The summed E-state index contributed by atoms with van der Waals surface area (Å²) < 4.78 is 11.0. The van der Waals surface area contributed by atoms with E-state index < -0.39 is 23.6 Å². The van der Waals surface area contributed by atoms with Crippen LogP contribution < -0.4 is 19.9 Å². The summed E-state index contributed by atoms with van der Waals surface area (Å²) in [6.07, 6.45) is 0.0336. The Hall–Kier alpha value is -3.29. The van der Waals surface area contributed by atoms with E-state index in [9.17, 15) is 14.7 Å². The van der Waals surface area contributed by atoms with Gasteiger partial charge >= 0.3 is 0 Å². The number of ether oxygens (including phenoxy) is 2. The molecule has 0 aliphatic heterocycles. The number of pyridine rings is 1. The van der Waals surface area contributed by atoms with E-state index in [2.05, 4.69) is 10.3 Å². The van der Waals surface area contributed by atoms with Crippen molar-refractivity contribution < 1.29 is 24.2 Å². The molecule has 1 N–H and O–H groups in total. The van der Waals surface area contributed by atoms with Gasteiger partial charge in [-0.3, -0.25) is 4.79 Å². The first-order chi connectivity index (χ1) is 13.5. The maximum absolute atomic E-state index is 12.5. The highest BCUT2D eigenvalue weighted by Crippen LogP contribution is 2.30. The monoisotopic (exact) mass is 400 g/mol. The molecule has 0 aliphatic carbocycles. The Morgan fingerprint density at radius 3 is 2.34 bits per heavy atom. The van der Waals surface area contributed by atoms with Crippen LogP contribution in [-0.2, 0) is 4.79 Å². The molecule has 1 heterocycles. The van der Waals surface area contributed by atoms with E-state index in [0.717, 1.165) is 10.5 Å². The molecule has 156 valence electrons. The lowest BCUT2D eigenvalue weighted by Crippen LogP contribution is -2.58. The van der Waals surface area contributed by atoms with Crippen molar-refractivity contribution in [3.63, 3.8) is 0 Å². The number of nitrogens with one attached hydrogen (secondary N) is 1. The van der Waals surface area contributed by atoms with Crippen LogP contribution in [0.5, 0.6) is 17.4 Å². The van der Waals surface area contributed by atoms with Crippen molar-refractivity contribution in [3.05, 3.63) is 42.1 Å². The molecular formula is C21H26N3O5-. The van der Waals surface area contributed by atoms with E-state index in [1.807, 2.05) is 19.1 Å². The van der Waals surface area contributed by atoms with E-state index in [-0.39, 0.29) is 0 Å². The Kier molecular flexibility index (Phi) is 6.68. The van der Waals surface area contributed by atoms with Crippen LogP contribution in [-0.4, -0.2) is 40.6 Å². The van der Waals surface area contributed by atoms with E-state index in [1.54, 1.807) is 46.1 Å². The van der Waals surface area contributed by atoms with Crippen molar-refractivity contribution in [1.29, 1.82) is 0 Å². The first-order valence-electron chi connectivity index (χ1n) is 9.13. The Morgan fingerprint density at radius 2 is 1.83 bits per heavy atom. The third-order valence-electron chi connectivity index (χ3n) is 4.36. The summed E-state index contributed by atoms with van der Waals surface area (Å²) in [5, 5.41) is 14.1. The predicted octanol–water partition coefficient (Wildman–Crippen LogP) is 2.96. The SMILES string of the molecule is COc1cccc(Oc2ccc(NC(=O)[C@@H](C)N(C(=O)[O-])C(C)(C)C)cn2)c1C. The Labute approximate surface area is 170 Å². The fraction of sp³-hybridized carbons (Fsp3) is 0.381. The highest BCUT2D eigenvalue weighted by atomic mass is 16.5. The molecule has 0 saturated carbocycles. The van der Waals surface area contributed by atoms with Crippen LogP contribution in [0.15, 0.2) is 36.5 Å². The quantitative estimate of drug-likeness (QED) is 0.799. The average molecular weight is 400 g/mol. The van der Waals surface area contributed by atoms with Gasteiger partial charge in [-0.05, 0) is 52.8 Å². The smallest absolute Gasteiger partial charge is 0.246 e. The number of hydrogen-bond donors (Lipinski definition) is 1. The van der Waals surface area contributed by atoms with Crippen LogP contribution in [0.4, 0.5) is 10.5 Å². The minimum atomic E-state index is -1.41. The van der Waals surface area contributed by atoms with Crippen molar-refractivity contribution >= 4 is 17.7 Å². The fourth-order valence-electron chi connectivity index (χ4n) is 2.93. The summed E-state index contributed by atoms with van der Waals surface area (Å²) in [6, 6.07) is 7.76. The Bertz CT molecular complexity index is 875. The Balaban J connectivity index is 2.09. The van der Waals surface area contributed by atoms with Gasteiger partial charge in [0.1, 0.15) is 23.6 Å². The third kappa shape index (κ3) is 5.37. The molecule has 0 fully saturated rings. The molecule has 0 bridgehead atoms. The van der Waals surface area contributed by atoms with Crippen LogP contribution in [0.25, 0.3) is 0 Å². The van der Waals surface area contributed by atoms with Crippen molar-refractivity contribution in [2.75, 3.05) is 12.4 Å². The number of benzene rings is 1. The van der Waals surface area contributed by atoms with E-state index >= 15 is 0 Å². The molecule has 8 heteroatoms. The van der Waals surface area contributed by atoms with Crippen molar-refractivity contribution in [1.82, 2.24) is 9.88 Å². The number of nitrogens with zero attached hydrogens (tertiary/aromatic N) is 2. The number of methoxy groups -OCH3 is 1. The van der Waals surface area contributed by atoms with Crippen LogP contribution in [0.3, 0.4) is 0 Å². The topological polar surface area (TPSA) is 104 Å². The molecule has 8 nitrogen and oxygen atoms in total. The summed E-state index contributed by atoms with van der Waals surface area (Å²) in [6.45, 7) is 8.47. The van der Waals surface area contributed by atoms with Gasteiger partial charge in [0.15, 0.2) is 0 Å². The van der Waals surface area contributed by atoms with Gasteiger partial charge in [0.2, 0.25) is 11.8 Å². The lowest BCUT2D eigenvalue weighted by Gasteiger charge is -2.41. The van der Waals surface area contributed by atoms with Crippen molar-refractivity contribution in [2.24, 2.45) is 0 Å². The molecule has 0 radical (unpaired) electrons. The molecule has 0 unspecified atom stereocenters. The molecule has 29 heavy (non-hydrogen) atoms. The molecule has 0 aliphatic rings. The second-order valence-electron chi connectivity index (χ2n) is 7.54. The maximum Gasteiger partial charge on any atom is 0.246 e. The van der Waals surface area contributed by atoms with Crippen LogP contribution >= 0.6 is 0 Å². The first-order valence-corrected chi connectivity index (χ1v) is 9.13. The van der Waals surface area contributed by atoms with E-state index in [4.69, 9.17) is 9.47 Å². The van der Waals surface area contributed by atoms with Gasteiger partial charge in [0.05, 0.1) is 19.0 Å². The van der Waals surface area contributed by atoms with Crippen molar-refractivity contribution in [3.8, 4) is 17.4 Å². The molecule has 1 aromatic heterocycles. The predicted molar refractivity (Wildman–Crippen MR) is 107 cm³/mol. The number of carbonyl (C=O) groups excluding carboxylic acids is 2. The molecular weight excluding hydrogens is 374 g/mol. The normalized spacial score (nSPS) is 12.1. The lowest BCUT2D eigenvalue weighted by molar-refractivity contribution is -0.272. The molecule has 2 rings (SSSR count). The number of hydrogen-bond acceptors (Lipinski definition) is 6. The molecule has 1 aromatic carbocycles. The van der Waals surface area contributed by atoms with Gasteiger partial charge in [0.25, 0.3) is 0 Å². The van der Waals surface area contributed by atoms with Crippen LogP contribution in [0, 0.1) is 6.92 Å². The molecule has 1 atom stereocenters. The van der Waals surface area contributed by atoms with Gasteiger partial charge in [-0.25, -0.2) is 4.98 Å². The highest BCUT2D eigenvalue weighted by Gasteiger charge is 2.30. The first kappa shape index (κ1) is 22.0. The zero-order valence-electron chi connectivity index (χ0n) is 17.5. The summed E-state index contributed by atoms with van der Waals surface area (Å²) in [5.74, 6) is 1.18. The van der Waals surface area contributed by atoms with Crippen LogP contribution in [0.1, 0.15) is 33.3 Å². The van der Waals surface area contributed by atoms with Gasteiger partial charge in [0, 0.05) is 17.2 Å². The number of amides is 2. The number of carboxylic acid groups (broad SMARTS) is 1. The molecule has 0 saturated heterocycles. The number of rotatable bonds is 6. The Morgan fingerprint density at radius 1 is 1.17 bits per heavy atom. The minimum Gasteiger partial charge on any atom is -0.530 e. The standard InChI is InChI=1S/C21H27N3O5/c1-13-16(28-6)8-7-9-17(13)29-18-11-10-15(12-22-18)23-19(25)14(2)24(20(26)27)21(3,4)5/h7-12,14H,1-6H3,(H,23,25)(H,26,27)/p-1/t14-/m1/s1. The molecule has 2 amide bonds. The summed E-state index contributed by atoms with van der Waals surface area (Å²) in [7, 11) is 1.59. The van der Waals surface area contributed by atoms with Crippen molar-refractivity contribution in [2.45, 2.75) is 46.2 Å². The molecule has 0 spiro atoms. The average Bonchev–Trinajstić information content (AvgIpc) is 2.63. The largest absolute Gasteiger partial charge is 0.530 e. The maximum atomic E-state index is 12.5. The summed E-state index contributed by atoms with van der Waals surface area (Å²) >= 11 is 0. The third-order valence-corrected chi connectivity index (χ3v) is 4.36. The van der Waals surface area contributed by atoms with Gasteiger partial charge < -0.3 is 29.6 Å². The van der Waals surface area contributed by atoms with Crippen LogP contribution in [0.2, 0.25) is 0 Å². The zero-order valence-corrected chi connectivity index (χ0v) is 17.5. The zero-order chi connectivity index (χ0) is 21.8. The van der Waals surface area contributed by atoms with Gasteiger partial charge in [-0.1, -0.05) is 6.07 Å². The van der Waals surface area contributed by atoms with E-state index in [0.29, 0.717) is 23.1 Å². The number of aromatic nitrogens is 1. The summed E-state index contributed by atoms with van der Waals surface area (Å²) in [5.41, 5.74) is 0.483. The van der Waals surface area contributed by atoms with Gasteiger partial charge in [-0.2, -0.15) is 0 Å². The van der Waals surface area contributed by atoms with E-state index in [1.165, 1.54) is 13.1 Å². The number of carbonyl (C=O) groups is 2. The molecule has 2 aromatic rings. The highest BCUT2D eigenvalue weighted by molar-refractivity contribution is 5.96. The fourth-order valence-corrected chi connectivity index (χ4v) is 2.93. The second-order valence-corrected chi connectivity index (χ2v) is 7.54. The van der Waals surface area contributed by atoms with Gasteiger partial charge in [-0.15, -0.1) is 0 Å². The number of anilines is 1.